The van der Waals surface area contributed by atoms with Gasteiger partial charge in [0.15, 0.2) is 0 Å². The number of aliphatic carboxylic acids is 1. The maximum Gasteiger partial charge on any atom is 0.326 e. The van der Waals surface area contributed by atoms with Gasteiger partial charge in [-0.3, -0.25) is 0 Å². The first-order chi connectivity index (χ1) is 9.50. The summed E-state index contributed by atoms with van der Waals surface area (Å²) in [6, 6.07) is -1.40. The molecule has 1 saturated heterocycles. The Balaban J connectivity index is 2.05. The van der Waals surface area contributed by atoms with Gasteiger partial charge in [0.1, 0.15) is 11.9 Å². The number of carbonyl (C=O) groups is 2. The third-order valence-electron chi connectivity index (χ3n) is 3.72. The van der Waals surface area contributed by atoms with Crippen LogP contribution in [-0.4, -0.2) is 44.6 Å². The molecule has 7 heteroatoms. The summed E-state index contributed by atoms with van der Waals surface area (Å²) >= 11 is 0. The number of nitrogens with one attached hydrogen (secondary N) is 2. The maximum atomic E-state index is 12.3. The number of piperidine rings is 1. The number of carboxylic acid groups (broad SMARTS) is 1. The van der Waals surface area contributed by atoms with Crippen LogP contribution in [0.15, 0.2) is 12.4 Å². The molecule has 7 nitrogen and oxygen atoms in total. The molecule has 2 heterocycles. The molecule has 1 aliphatic heterocycles. The number of nitrogens with zero attached hydrogens (tertiary/aromatic N) is 2. The van der Waals surface area contributed by atoms with Crippen LogP contribution in [0.25, 0.3) is 0 Å². The van der Waals surface area contributed by atoms with Crippen LogP contribution in [0.1, 0.15) is 38.6 Å². The minimum absolute atomic E-state index is 0.0362. The summed E-state index contributed by atoms with van der Waals surface area (Å²) in [5, 5.41) is 12.1. The van der Waals surface area contributed by atoms with Crippen molar-refractivity contribution in [2.75, 3.05) is 6.54 Å². The van der Waals surface area contributed by atoms with Crippen molar-refractivity contribution in [3.05, 3.63) is 18.2 Å². The minimum Gasteiger partial charge on any atom is -0.480 e. The standard InChI is InChI=1S/C13H20N4O3/c1-8-4-3-7-17(10(8)12(18)19)13(20)16-9(2)11-14-5-6-15-11/h5-6,8-10H,3-4,7H2,1-2H3,(H,14,15)(H,16,20)(H,18,19). The Bertz CT molecular complexity index is 474. The van der Waals surface area contributed by atoms with Gasteiger partial charge in [-0.2, -0.15) is 0 Å². The van der Waals surface area contributed by atoms with Gasteiger partial charge in [-0.1, -0.05) is 6.92 Å². The van der Waals surface area contributed by atoms with Gasteiger partial charge >= 0.3 is 12.0 Å². The fourth-order valence-corrected chi connectivity index (χ4v) is 2.64. The first kappa shape index (κ1) is 14.4. The molecule has 0 aliphatic carbocycles. The first-order valence-electron chi connectivity index (χ1n) is 6.80. The zero-order chi connectivity index (χ0) is 14.7. The number of rotatable bonds is 3. The number of hydrogen-bond acceptors (Lipinski definition) is 3. The molecule has 0 spiro atoms. The summed E-state index contributed by atoms with van der Waals surface area (Å²) in [6.07, 6.45) is 4.95. The predicted molar refractivity (Wildman–Crippen MR) is 72.1 cm³/mol. The van der Waals surface area contributed by atoms with E-state index in [2.05, 4.69) is 15.3 Å². The lowest BCUT2D eigenvalue weighted by Gasteiger charge is -2.37. The summed E-state index contributed by atoms with van der Waals surface area (Å²) in [4.78, 5) is 32.0. The average Bonchev–Trinajstić information content (AvgIpc) is 2.91. The maximum absolute atomic E-state index is 12.3. The molecular formula is C13H20N4O3. The lowest BCUT2D eigenvalue weighted by Crippen LogP contribution is -2.55. The van der Waals surface area contributed by atoms with E-state index >= 15 is 0 Å². The molecule has 110 valence electrons. The topological polar surface area (TPSA) is 98.3 Å². The van der Waals surface area contributed by atoms with Crippen molar-refractivity contribution in [2.45, 2.75) is 38.8 Å². The molecule has 0 saturated carbocycles. The third kappa shape index (κ3) is 2.92. The molecule has 3 N–H and O–H groups in total. The third-order valence-corrected chi connectivity index (χ3v) is 3.72. The van der Waals surface area contributed by atoms with E-state index in [1.165, 1.54) is 4.90 Å². The second-order valence-electron chi connectivity index (χ2n) is 5.24. The summed E-state index contributed by atoms with van der Waals surface area (Å²) in [5.74, 6) is -0.334. The highest BCUT2D eigenvalue weighted by atomic mass is 16.4. The molecule has 1 aliphatic rings. The summed E-state index contributed by atoms with van der Waals surface area (Å²) < 4.78 is 0. The lowest BCUT2D eigenvalue weighted by atomic mass is 9.91. The number of aromatic amines is 1. The van der Waals surface area contributed by atoms with Crippen LogP contribution in [0.3, 0.4) is 0 Å². The van der Waals surface area contributed by atoms with Gasteiger partial charge in [0.05, 0.1) is 6.04 Å². The monoisotopic (exact) mass is 280 g/mol. The summed E-state index contributed by atoms with van der Waals surface area (Å²) in [7, 11) is 0. The van der Waals surface area contributed by atoms with E-state index in [0.29, 0.717) is 12.4 Å². The number of hydrogen-bond donors (Lipinski definition) is 3. The molecule has 1 fully saturated rings. The van der Waals surface area contributed by atoms with Crippen LogP contribution in [0.5, 0.6) is 0 Å². The van der Waals surface area contributed by atoms with Gasteiger partial charge in [-0.25, -0.2) is 14.6 Å². The number of amides is 2. The summed E-state index contributed by atoms with van der Waals surface area (Å²) in [5.41, 5.74) is 0. The van der Waals surface area contributed by atoms with Crippen molar-refractivity contribution in [1.82, 2.24) is 20.2 Å². The fourth-order valence-electron chi connectivity index (χ4n) is 2.64. The Kier molecular flexibility index (Phi) is 4.26. The number of imidazole rings is 1. The van der Waals surface area contributed by atoms with Gasteiger partial charge in [0.2, 0.25) is 0 Å². The largest absolute Gasteiger partial charge is 0.480 e. The molecule has 0 bridgehead atoms. The van der Waals surface area contributed by atoms with Crippen molar-refractivity contribution in [3.8, 4) is 0 Å². The van der Waals surface area contributed by atoms with E-state index in [4.69, 9.17) is 0 Å². The second-order valence-corrected chi connectivity index (χ2v) is 5.24. The minimum atomic E-state index is -0.946. The van der Waals surface area contributed by atoms with Crippen LogP contribution in [-0.2, 0) is 4.79 Å². The van der Waals surface area contributed by atoms with E-state index in [0.717, 1.165) is 12.8 Å². The Morgan fingerprint density at radius 2 is 2.35 bits per heavy atom. The molecule has 0 radical (unpaired) electrons. The van der Waals surface area contributed by atoms with Crippen molar-refractivity contribution in [1.29, 1.82) is 0 Å². The summed E-state index contributed by atoms with van der Waals surface area (Å²) in [6.45, 7) is 4.14. The van der Waals surface area contributed by atoms with Gasteiger partial charge in [0.25, 0.3) is 0 Å². The van der Waals surface area contributed by atoms with Gasteiger partial charge < -0.3 is 20.3 Å². The first-order valence-corrected chi connectivity index (χ1v) is 6.80. The lowest BCUT2D eigenvalue weighted by molar-refractivity contribution is -0.145. The van der Waals surface area contributed by atoms with E-state index in [9.17, 15) is 14.7 Å². The Morgan fingerprint density at radius 1 is 1.60 bits per heavy atom. The van der Waals surface area contributed by atoms with Crippen LogP contribution in [0.2, 0.25) is 0 Å². The Hall–Kier alpha value is -2.05. The number of likely N-dealkylation sites (tertiary alicyclic amines) is 1. The Morgan fingerprint density at radius 3 is 2.95 bits per heavy atom. The predicted octanol–water partition coefficient (Wildman–Crippen LogP) is 1.37. The normalized spacial score (nSPS) is 24.2. The number of aromatic nitrogens is 2. The van der Waals surface area contributed by atoms with Gasteiger partial charge in [-0.15, -0.1) is 0 Å². The second kappa shape index (κ2) is 5.94. The average molecular weight is 280 g/mol. The number of carboxylic acids is 1. The zero-order valence-corrected chi connectivity index (χ0v) is 11.7. The van der Waals surface area contributed by atoms with Crippen molar-refractivity contribution in [3.63, 3.8) is 0 Å². The molecular weight excluding hydrogens is 260 g/mol. The molecule has 1 aromatic rings. The van der Waals surface area contributed by atoms with Crippen LogP contribution in [0, 0.1) is 5.92 Å². The molecule has 3 atom stereocenters. The van der Waals surface area contributed by atoms with Gasteiger partial charge in [-0.05, 0) is 25.7 Å². The van der Waals surface area contributed by atoms with E-state index < -0.39 is 12.0 Å². The molecule has 2 amide bonds. The number of urea groups is 1. The molecule has 2 rings (SSSR count). The quantitative estimate of drug-likeness (QED) is 0.778. The highest BCUT2D eigenvalue weighted by Gasteiger charge is 2.37. The van der Waals surface area contributed by atoms with Crippen LogP contribution >= 0.6 is 0 Å². The smallest absolute Gasteiger partial charge is 0.326 e. The van der Waals surface area contributed by atoms with E-state index in [1.807, 2.05) is 6.92 Å². The van der Waals surface area contributed by atoms with E-state index in [1.54, 1.807) is 19.3 Å². The number of H-pyrrole nitrogens is 1. The Labute approximate surface area is 117 Å². The zero-order valence-electron chi connectivity index (χ0n) is 11.7. The SMILES string of the molecule is CC(NC(=O)N1CCCC(C)C1C(=O)O)c1ncc[nH]1. The highest BCUT2D eigenvalue weighted by Crippen LogP contribution is 2.24. The van der Waals surface area contributed by atoms with E-state index in [-0.39, 0.29) is 18.0 Å². The molecule has 1 aromatic heterocycles. The fraction of sp³-hybridized carbons (Fsp3) is 0.615. The van der Waals surface area contributed by atoms with Crippen LogP contribution < -0.4 is 5.32 Å². The molecule has 20 heavy (non-hydrogen) atoms. The molecule has 3 unspecified atom stereocenters. The van der Waals surface area contributed by atoms with Crippen molar-refractivity contribution < 1.29 is 14.7 Å². The van der Waals surface area contributed by atoms with Crippen LogP contribution in [0.4, 0.5) is 4.79 Å². The van der Waals surface area contributed by atoms with Crippen molar-refractivity contribution >= 4 is 12.0 Å². The highest BCUT2D eigenvalue weighted by molar-refractivity contribution is 5.83. The molecule has 0 aromatic carbocycles. The van der Waals surface area contributed by atoms with Crippen molar-refractivity contribution in [2.24, 2.45) is 5.92 Å². The number of carbonyl (C=O) groups excluding carboxylic acids is 1. The van der Waals surface area contributed by atoms with Gasteiger partial charge in [0, 0.05) is 18.9 Å².